The van der Waals surface area contributed by atoms with Crippen LogP contribution in [0, 0.1) is 5.82 Å². The number of carbonyl (C=O) groups excluding carboxylic acids is 1. The lowest BCUT2D eigenvalue weighted by Gasteiger charge is -2.23. The number of para-hydroxylation sites is 1. The smallest absolute Gasteiger partial charge is 0.311 e. The van der Waals surface area contributed by atoms with E-state index in [1.165, 1.54) is 17.0 Å². The third-order valence-corrected chi connectivity index (χ3v) is 5.20. The van der Waals surface area contributed by atoms with Crippen LogP contribution in [0.15, 0.2) is 39.9 Å². The summed E-state index contributed by atoms with van der Waals surface area (Å²) < 4.78 is 14.0. The number of aromatic amines is 2. The lowest BCUT2D eigenvalue weighted by atomic mass is 10.0. The van der Waals surface area contributed by atoms with Crippen LogP contribution in [-0.4, -0.2) is 46.5 Å². The molecule has 2 N–H and O–H groups in total. The van der Waals surface area contributed by atoms with Crippen LogP contribution in [0.4, 0.5) is 10.1 Å². The molecule has 2 aromatic rings. The van der Waals surface area contributed by atoms with Gasteiger partial charge in [-0.1, -0.05) is 12.1 Å². The van der Waals surface area contributed by atoms with Crippen LogP contribution < -0.4 is 16.1 Å². The number of aromatic nitrogens is 2. The van der Waals surface area contributed by atoms with Crippen molar-refractivity contribution in [2.24, 2.45) is 0 Å². The monoisotopic (exact) mass is 358 g/mol. The molecule has 2 aliphatic rings. The molecule has 2 aliphatic heterocycles. The first-order valence-corrected chi connectivity index (χ1v) is 8.66. The summed E-state index contributed by atoms with van der Waals surface area (Å²) in [6.45, 7) is 1.76. The Bertz CT molecular complexity index is 925. The van der Waals surface area contributed by atoms with Gasteiger partial charge < -0.3 is 9.88 Å². The second-order valence-corrected chi connectivity index (χ2v) is 6.77. The minimum Gasteiger partial charge on any atom is -0.311 e. The fourth-order valence-corrected chi connectivity index (χ4v) is 3.95. The summed E-state index contributed by atoms with van der Waals surface area (Å²) in [7, 11) is 0. The summed E-state index contributed by atoms with van der Waals surface area (Å²) in [5.74, 6) is -0.502. The van der Waals surface area contributed by atoms with Crippen molar-refractivity contribution in [3.63, 3.8) is 0 Å². The summed E-state index contributed by atoms with van der Waals surface area (Å²) >= 11 is 0. The van der Waals surface area contributed by atoms with Crippen LogP contribution in [0.1, 0.15) is 24.5 Å². The molecule has 7 nitrogen and oxygen atoms in total. The number of H-pyrrole nitrogens is 2. The van der Waals surface area contributed by atoms with E-state index in [1.807, 2.05) is 0 Å². The third kappa shape index (κ3) is 2.96. The summed E-state index contributed by atoms with van der Waals surface area (Å²) in [6, 6.07) is 7.39. The van der Waals surface area contributed by atoms with Crippen molar-refractivity contribution in [3.05, 3.63) is 62.7 Å². The van der Waals surface area contributed by atoms with Gasteiger partial charge in [0.2, 0.25) is 5.91 Å². The highest BCUT2D eigenvalue weighted by atomic mass is 19.1. The first-order chi connectivity index (χ1) is 12.5. The molecule has 2 fully saturated rings. The van der Waals surface area contributed by atoms with Crippen molar-refractivity contribution < 1.29 is 9.18 Å². The third-order valence-electron chi connectivity index (χ3n) is 5.20. The lowest BCUT2D eigenvalue weighted by Crippen LogP contribution is -2.41. The Balaban J connectivity index is 1.49. The number of hydrogen-bond donors (Lipinski definition) is 2. The molecule has 136 valence electrons. The van der Waals surface area contributed by atoms with Gasteiger partial charge in [-0.05, 0) is 31.5 Å². The molecule has 0 bridgehead atoms. The van der Waals surface area contributed by atoms with Gasteiger partial charge in [-0.15, -0.1) is 0 Å². The topological polar surface area (TPSA) is 89.3 Å². The number of amides is 1. The van der Waals surface area contributed by atoms with Gasteiger partial charge in [0, 0.05) is 30.8 Å². The van der Waals surface area contributed by atoms with Gasteiger partial charge in [0.15, 0.2) is 0 Å². The number of hydrogen-bond acceptors (Lipinski definition) is 4. The van der Waals surface area contributed by atoms with E-state index in [1.54, 1.807) is 18.2 Å². The minimum absolute atomic E-state index is 0.000288. The Morgan fingerprint density at radius 1 is 1.04 bits per heavy atom. The summed E-state index contributed by atoms with van der Waals surface area (Å²) in [6.07, 6.45) is 1.38. The van der Waals surface area contributed by atoms with Crippen molar-refractivity contribution in [1.29, 1.82) is 0 Å². The number of halogens is 1. The molecule has 26 heavy (non-hydrogen) atoms. The van der Waals surface area contributed by atoms with E-state index >= 15 is 0 Å². The molecule has 2 atom stereocenters. The minimum atomic E-state index is -0.520. The Labute approximate surface area is 148 Å². The Hall–Kier alpha value is -2.74. The van der Waals surface area contributed by atoms with E-state index in [2.05, 4.69) is 14.9 Å². The SMILES string of the molecule is O=C1C(N2CCC(c3cc(=O)[nH]c(=O)[nH]3)C2)CCN1c1ccccc1F. The van der Waals surface area contributed by atoms with Gasteiger partial charge in [-0.25, -0.2) is 9.18 Å². The van der Waals surface area contributed by atoms with Gasteiger partial charge >= 0.3 is 5.69 Å². The van der Waals surface area contributed by atoms with Crippen LogP contribution in [0.2, 0.25) is 0 Å². The molecule has 2 unspecified atom stereocenters. The number of rotatable bonds is 3. The molecule has 3 heterocycles. The van der Waals surface area contributed by atoms with Crippen molar-refractivity contribution >= 4 is 11.6 Å². The average Bonchev–Trinajstić information content (AvgIpc) is 3.21. The fraction of sp³-hybridized carbons (Fsp3) is 0.389. The van der Waals surface area contributed by atoms with E-state index in [4.69, 9.17) is 0 Å². The predicted octanol–water partition coefficient (Wildman–Crippen LogP) is 0.797. The Kier molecular flexibility index (Phi) is 4.20. The summed E-state index contributed by atoms with van der Waals surface area (Å²) in [5.41, 5.74) is -0.0363. The van der Waals surface area contributed by atoms with E-state index in [9.17, 15) is 18.8 Å². The molecule has 1 aromatic heterocycles. The van der Waals surface area contributed by atoms with Crippen LogP contribution in [-0.2, 0) is 4.79 Å². The van der Waals surface area contributed by atoms with Crippen molar-refractivity contribution in [2.45, 2.75) is 24.8 Å². The van der Waals surface area contributed by atoms with Gasteiger partial charge in [0.1, 0.15) is 5.82 Å². The number of anilines is 1. The van der Waals surface area contributed by atoms with Gasteiger partial charge in [0.25, 0.3) is 5.56 Å². The molecule has 4 rings (SSSR count). The van der Waals surface area contributed by atoms with Crippen molar-refractivity contribution in [3.8, 4) is 0 Å². The van der Waals surface area contributed by atoms with Crippen LogP contribution in [0.25, 0.3) is 0 Å². The van der Waals surface area contributed by atoms with E-state index < -0.39 is 17.1 Å². The highest BCUT2D eigenvalue weighted by Crippen LogP contribution is 2.32. The second kappa shape index (κ2) is 6.53. The van der Waals surface area contributed by atoms with E-state index in [0.29, 0.717) is 37.4 Å². The fourth-order valence-electron chi connectivity index (χ4n) is 3.95. The maximum absolute atomic E-state index is 14.0. The quantitative estimate of drug-likeness (QED) is 0.849. The molecule has 0 spiro atoms. The number of benzene rings is 1. The van der Waals surface area contributed by atoms with Gasteiger partial charge in [-0.3, -0.25) is 19.5 Å². The molecule has 1 amide bonds. The molecular formula is C18H19FN4O3. The Morgan fingerprint density at radius 2 is 1.85 bits per heavy atom. The molecule has 0 aliphatic carbocycles. The van der Waals surface area contributed by atoms with Gasteiger partial charge in [0.05, 0.1) is 11.7 Å². The molecule has 0 saturated carbocycles. The van der Waals surface area contributed by atoms with Crippen molar-refractivity contribution in [1.82, 2.24) is 14.9 Å². The maximum Gasteiger partial charge on any atom is 0.325 e. The van der Waals surface area contributed by atoms with Gasteiger partial charge in [-0.2, -0.15) is 0 Å². The zero-order valence-electron chi connectivity index (χ0n) is 14.1. The number of nitrogens with one attached hydrogen (secondary N) is 2. The van der Waals surface area contributed by atoms with Crippen LogP contribution >= 0.6 is 0 Å². The molecule has 2 saturated heterocycles. The first kappa shape index (κ1) is 16.7. The highest BCUT2D eigenvalue weighted by molar-refractivity contribution is 5.99. The standard InChI is InChI=1S/C18H19FN4O3/c19-12-3-1-2-4-14(12)23-8-6-15(17(23)25)22-7-5-11(10-22)13-9-16(24)21-18(26)20-13/h1-4,9,11,15H,5-8,10H2,(H2,20,21,24,26). The molecule has 8 heteroatoms. The normalized spacial score (nSPS) is 23.7. The lowest BCUT2D eigenvalue weighted by molar-refractivity contribution is -0.121. The van der Waals surface area contributed by atoms with E-state index in [-0.39, 0.29) is 17.9 Å². The highest BCUT2D eigenvalue weighted by Gasteiger charge is 2.40. The average molecular weight is 358 g/mol. The maximum atomic E-state index is 14.0. The second-order valence-electron chi connectivity index (χ2n) is 6.77. The zero-order chi connectivity index (χ0) is 18.3. The summed E-state index contributed by atoms with van der Waals surface area (Å²) in [4.78, 5) is 44.2. The number of carbonyl (C=O) groups is 1. The largest absolute Gasteiger partial charge is 0.325 e. The Morgan fingerprint density at radius 3 is 2.62 bits per heavy atom. The first-order valence-electron chi connectivity index (χ1n) is 8.66. The molecule has 0 radical (unpaired) electrons. The van der Waals surface area contributed by atoms with Crippen LogP contribution in [0.3, 0.4) is 0 Å². The number of nitrogens with zero attached hydrogens (tertiary/aromatic N) is 2. The number of likely N-dealkylation sites (tertiary alicyclic amines) is 1. The zero-order valence-corrected chi connectivity index (χ0v) is 14.1. The molecular weight excluding hydrogens is 339 g/mol. The summed E-state index contributed by atoms with van der Waals surface area (Å²) in [5, 5.41) is 0. The van der Waals surface area contributed by atoms with Crippen molar-refractivity contribution in [2.75, 3.05) is 24.5 Å². The van der Waals surface area contributed by atoms with Crippen LogP contribution in [0.5, 0.6) is 0 Å². The molecule has 1 aromatic carbocycles. The predicted molar refractivity (Wildman–Crippen MR) is 93.8 cm³/mol. The van der Waals surface area contributed by atoms with E-state index in [0.717, 1.165) is 6.42 Å².